The number of thiocarbonyl (C=S) groups is 1. The topological polar surface area (TPSA) is 76.6 Å². The fourth-order valence-corrected chi connectivity index (χ4v) is 5.08. The lowest BCUT2D eigenvalue weighted by Gasteiger charge is -2.26. The molecular weight excluding hydrogens is 468 g/mol. The number of methoxy groups -OCH3 is 1. The van der Waals surface area contributed by atoms with E-state index in [4.69, 9.17) is 31.7 Å². The molecule has 3 aromatic rings. The van der Waals surface area contributed by atoms with E-state index in [1.54, 1.807) is 13.2 Å². The quantitative estimate of drug-likeness (QED) is 0.413. The highest BCUT2D eigenvalue weighted by atomic mass is 32.2. The highest BCUT2D eigenvalue weighted by Crippen LogP contribution is 2.29. The van der Waals surface area contributed by atoms with Crippen molar-refractivity contribution in [3.05, 3.63) is 58.6 Å². The first kappa shape index (κ1) is 22.9. The zero-order valence-electron chi connectivity index (χ0n) is 18.7. The number of fused-ring (bicyclic) bond motifs is 1. The van der Waals surface area contributed by atoms with E-state index in [1.165, 1.54) is 11.8 Å². The summed E-state index contributed by atoms with van der Waals surface area (Å²) in [5, 5.41) is 3.71. The van der Waals surface area contributed by atoms with Crippen LogP contribution in [-0.4, -0.2) is 65.1 Å². The summed E-state index contributed by atoms with van der Waals surface area (Å²) in [6, 6.07) is 13.9. The maximum atomic E-state index is 12.1. The Kier molecular flexibility index (Phi) is 6.87. The lowest BCUT2D eigenvalue weighted by atomic mass is 10.0. The van der Waals surface area contributed by atoms with Crippen molar-refractivity contribution in [1.29, 1.82) is 0 Å². The van der Waals surface area contributed by atoms with Crippen LogP contribution in [0.15, 0.2) is 47.4 Å². The number of hydrogen-bond donors (Lipinski definition) is 1. The highest BCUT2D eigenvalue weighted by molar-refractivity contribution is 8.26. The molecule has 0 bridgehead atoms. The van der Waals surface area contributed by atoms with Gasteiger partial charge in [-0.05, 0) is 48.4 Å². The van der Waals surface area contributed by atoms with E-state index in [0.717, 1.165) is 72.9 Å². The third-order valence-corrected chi connectivity index (χ3v) is 7.00. The summed E-state index contributed by atoms with van der Waals surface area (Å²) in [6.07, 6.45) is 2.62. The number of hydrogen-bond acceptors (Lipinski definition) is 8. The molecule has 0 spiro atoms. The van der Waals surface area contributed by atoms with Crippen LogP contribution in [0.5, 0.6) is 5.75 Å². The van der Waals surface area contributed by atoms with Crippen molar-refractivity contribution in [3.63, 3.8) is 0 Å². The first-order chi connectivity index (χ1) is 16.6. The molecule has 1 N–H and O–H groups in total. The fraction of sp³-hybridized carbons (Fsp3) is 0.280. The van der Waals surface area contributed by atoms with Gasteiger partial charge in [-0.15, -0.1) is 0 Å². The number of carbonyl (C=O) groups is 1. The van der Waals surface area contributed by atoms with E-state index in [0.29, 0.717) is 14.9 Å². The van der Waals surface area contributed by atoms with Crippen molar-refractivity contribution in [2.24, 2.45) is 0 Å². The smallest absolute Gasteiger partial charge is 0.263 e. The van der Waals surface area contributed by atoms with Crippen LogP contribution in [0, 0.1) is 0 Å². The SMILES string of the molecule is COc1ccc2cc(CCN3CCOCC3)c(-c3cccc(/C=C4\SC(=S)NC4=O)n3)nc2c1. The molecule has 34 heavy (non-hydrogen) atoms. The summed E-state index contributed by atoms with van der Waals surface area (Å²) >= 11 is 6.34. The van der Waals surface area contributed by atoms with Gasteiger partial charge in [0, 0.05) is 31.1 Å². The summed E-state index contributed by atoms with van der Waals surface area (Å²) in [5.74, 6) is 0.572. The van der Waals surface area contributed by atoms with E-state index in [1.807, 2.05) is 36.4 Å². The Hall–Kier alpha value is -2.85. The predicted octanol–water partition coefficient (Wildman–Crippen LogP) is 3.67. The summed E-state index contributed by atoms with van der Waals surface area (Å²) < 4.78 is 11.4. The minimum Gasteiger partial charge on any atom is -0.497 e. The van der Waals surface area contributed by atoms with Crippen molar-refractivity contribution in [2.45, 2.75) is 6.42 Å². The summed E-state index contributed by atoms with van der Waals surface area (Å²) in [6.45, 7) is 4.36. The molecule has 0 aliphatic carbocycles. The first-order valence-corrected chi connectivity index (χ1v) is 12.3. The maximum Gasteiger partial charge on any atom is 0.263 e. The standard InChI is InChI=1S/C25H24N4O3S2/c1-31-19-6-5-16-13-17(7-8-29-9-11-32-12-10-29)23(27-21(16)15-19)20-4-2-3-18(26-20)14-22-24(30)28-25(33)34-22/h2-6,13-15H,7-12H2,1H3,(H,28,30,33)/b22-14-. The first-order valence-electron chi connectivity index (χ1n) is 11.1. The number of carbonyl (C=O) groups excluding carboxylic acids is 1. The Morgan fingerprint density at radius 2 is 2.06 bits per heavy atom. The molecule has 9 heteroatoms. The van der Waals surface area contributed by atoms with E-state index in [2.05, 4.69) is 16.3 Å². The van der Waals surface area contributed by atoms with Crippen molar-refractivity contribution >= 4 is 51.2 Å². The largest absolute Gasteiger partial charge is 0.497 e. The molecule has 2 fully saturated rings. The van der Waals surface area contributed by atoms with Crippen LogP contribution in [0.4, 0.5) is 0 Å². The van der Waals surface area contributed by atoms with Crippen molar-refractivity contribution in [2.75, 3.05) is 40.0 Å². The third kappa shape index (κ3) is 5.12. The number of rotatable bonds is 6. The van der Waals surface area contributed by atoms with Gasteiger partial charge >= 0.3 is 0 Å². The third-order valence-electron chi connectivity index (χ3n) is 5.84. The Morgan fingerprint density at radius 1 is 1.21 bits per heavy atom. The molecule has 174 valence electrons. The second kappa shape index (κ2) is 10.2. The molecule has 4 heterocycles. The summed E-state index contributed by atoms with van der Waals surface area (Å²) in [5.41, 5.74) is 4.28. The molecule has 2 aromatic heterocycles. The number of nitrogens with zero attached hydrogens (tertiary/aromatic N) is 3. The summed E-state index contributed by atoms with van der Waals surface area (Å²) in [4.78, 5) is 24.9. The maximum absolute atomic E-state index is 12.1. The predicted molar refractivity (Wildman–Crippen MR) is 139 cm³/mol. The molecule has 2 aliphatic rings. The molecule has 0 atom stereocenters. The second-order valence-electron chi connectivity index (χ2n) is 8.06. The number of aromatic nitrogens is 2. The van der Waals surface area contributed by atoms with Gasteiger partial charge in [0.05, 0.1) is 47.8 Å². The molecule has 0 saturated carbocycles. The molecule has 7 nitrogen and oxygen atoms in total. The fourth-order valence-electron chi connectivity index (χ4n) is 4.05. The lowest BCUT2D eigenvalue weighted by Crippen LogP contribution is -2.37. The van der Waals surface area contributed by atoms with Gasteiger partial charge in [-0.3, -0.25) is 9.69 Å². The van der Waals surface area contributed by atoms with Gasteiger partial charge in [0.1, 0.15) is 10.1 Å². The number of benzene rings is 1. The molecule has 0 radical (unpaired) electrons. The number of thioether (sulfide) groups is 1. The number of pyridine rings is 2. The lowest BCUT2D eigenvalue weighted by molar-refractivity contribution is -0.115. The minimum absolute atomic E-state index is 0.190. The van der Waals surface area contributed by atoms with E-state index < -0.39 is 0 Å². The number of ether oxygens (including phenoxy) is 2. The highest BCUT2D eigenvalue weighted by Gasteiger charge is 2.22. The van der Waals surface area contributed by atoms with Crippen LogP contribution in [0.25, 0.3) is 28.4 Å². The van der Waals surface area contributed by atoms with Gasteiger partial charge in [0.25, 0.3) is 5.91 Å². The van der Waals surface area contributed by atoms with Crippen molar-refractivity contribution < 1.29 is 14.3 Å². The van der Waals surface area contributed by atoms with Crippen LogP contribution in [-0.2, 0) is 16.0 Å². The zero-order valence-corrected chi connectivity index (χ0v) is 20.4. The number of amides is 1. The zero-order chi connectivity index (χ0) is 23.5. The van der Waals surface area contributed by atoms with Crippen molar-refractivity contribution in [1.82, 2.24) is 20.2 Å². The molecule has 0 unspecified atom stereocenters. The van der Waals surface area contributed by atoms with Crippen LogP contribution < -0.4 is 10.1 Å². The van der Waals surface area contributed by atoms with Gasteiger partial charge < -0.3 is 14.8 Å². The number of morpholine rings is 1. The van der Waals surface area contributed by atoms with E-state index in [9.17, 15) is 4.79 Å². The Balaban J connectivity index is 1.53. The van der Waals surface area contributed by atoms with Gasteiger partial charge in [0.2, 0.25) is 0 Å². The minimum atomic E-state index is -0.190. The molecule has 1 aromatic carbocycles. The van der Waals surface area contributed by atoms with Gasteiger partial charge in [-0.1, -0.05) is 30.0 Å². The van der Waals surface area contributed by atoms with Crippen LogP contribution >= 0.6 is 24.0 Å². The van der Waals surface area contributed by atoms with Gasteiger partial charge in [-0.2, -0.15) is 0 Å². The Bertz CT molecular complexity index is 1290. The number of nitrogens with one attached hydrogen (secondary N) is 1. The van der Waals surface area contributed by atoms with Crippen LogP contribution in [0.1, 0.15) is 11.3 Å². The average molecular weight is 493 g/mol. The summed E-state index contributed by atoms with van der Waals surface area (Å²) in [7, 11) is 1.65. The van der Waals surface area contributed by atoms with E-state index >= 15 is 0 Å². The van der Waals surface area contributed by atoms with Crippen LogP contribution in [0.3, 0.4) is 0 Å². The van der Waals surface area contributed by atoms with Gasteiger partial charge in [-0.25, -0.2) is 9.97 Å². The van der Waals surface area contributed by atoms with Crippen molar-refractivity contribution in [3.8, 4) is 17.1 Å². The normalized spacial score (nSPS) is 18.0. The Labute approximate surface area is 207 Å². The Morgan fingerprint density at radius 3 is 2.82 bits per heavy atom. The monoisotopic (exact) mass is 492 g/mol. The van der Waals surface area contributed by atoms with Gasteiger partial charge in [0.15, 0.2) is 0 Å². The van der Waals surface area contributed by atoms with Crippen LogP contribution in [0.2, 0.25) is 0 Å². The average Bonchev–Trinajstić information content (AvgIpc) is 3.18. The molecule has 2 aliphatic heterocycles. The van der Waals surface area contributed by atoms with E-state index in [-0.39, 0.29) is 5.91 Å². The molecule has 1 amide bonds. The molecule has 2 saturated heterocycles. The molecular formula is C25H24N4O3S2. The second-order valence-corrected chi connectivity index (χ2v) is 9.78. The molecule has 5 rings (SSSR count).